The van der Waals surface area contributed by atoms with Crippen molar-refractivity contribution in [2.75, 3.05) is 5.73 Å². The first-order valence-corrected chi connectivity index (χ1v) is 6.72. The third-order valence-electron chi connectivity index (χ3n) is 3.34. The number of nitriles is 1. The summed E-state index contributed by atoms with van der Waals surface area (Å²) in [5.74, 6) is 0.132. The van der Waals surface area contributed by atoms with Crippen LogP contribution in [0.3, 0.4) is 0 Å². The molecule has 0 atom stereocenters. The van der Waals surface area contributed by atoms with Gasteiger partial charge in [-0.3, -0.25) is 4.79 Å². The van der Waals surface area contributed by atoms with Crippen molar-refractivity contribution in [3.05, 3.63) is 51.7 Å². The Hall–Kier alpha value is -2.91. The third-order valence-corrected chi connectivity index (χ3v) is 3.60. The number of nitrogens with zero attached hydrogens (tertiary/aromatic N) is 4. The maximum absolute atomic E-state index is 12.0. The first-order chi connectivity index (χ1) is 10.5. The highest BCUT2D eigenvalue weighted by atomic mass is 35.5. The molecule has 2 aromatic heterocycles. The van der Waals surface area contributed by atoms with Gasteiger partial charge in [0.2, 0.25) is 0 Å². The number of hydrogen-bond acceptors (Lipinski definition) is 5. The van der Waals surface area contributed by atoms with Gasteiger partial charge in [0.05, 0.1) is 0 Å². The Kier molecular flexibility index (Phi) is 3.28. The molecule has 3 aromatic rings. The average molecular weight is 312 g/mol. The van der Waals surface area contributed by atoms with E-state index in [4.69, 9.17) is 22.6 Å². The number of aryl methyl sites for hydroxylation is 1. The standard InChI is InChI=1S/C15H10ClN5O/c1-21-5-4-8-6-9(2-3-10(8)15(21)22)12-14(18)20-13(16)11(7-17)19-12/h2-6H,1H3,(H2,18,20). The van der Waals surface area contributed by atoms with E-state index in [-0.39, 0.29) is 22.2 Å². The molecule has 1 aromatic carbocycles. The van der Waals surface area contributed by atoms with Crippen LogP contribution in [0.15, 0.2) is 35.3 Å². The highest BCUT2D eigenvalue weighted by molar-refractivity contribution is 6.30. The fraction of sp³-hybridized carbons (Fsp3) is 0.0667. The summed E-state index contributed by atoms with van der Waals surface area (Å²) in [6, 6.07) is 8.90. The lowest BCUT2D eigenvalue weighted by molar-refractivity contribution is 0.873. The summed E-state index contributed by atoms with van der Waals surface area (Å²) >= 11 is 5.80. The maximum Gasteiger partial charge on any atom is 0.258 e. The van der Waals surface area contributed by atoms with Gasteiger partial charge in [0.25, 0.3) is 5.56 Å². The molecule has 0 radical (unpaired) electrons. The molecule has 7 heteroatoms. The lowest BCUT2D eigenvalue weighted by Crippen LogP contribution is -2.15. The molecule has 2 heterocycles. The second-order valence-electron chi connectivity index (χ2n) is 4.74. The molecule has 6 nitrogen and oxygen atoms in total. The Labute approximate surface area is 130 Å². The molecule has 0 saturated carbocycles. The van der Waals surface area contributed by atoms with Crippen molar-refractivity contribution in [3.8, 4) is 17.3 Å². The van der Waals surface area contributed by atoms with Crippen molar-refractivity contribution in [3.63, 3.8) is 0 Å². The van der Waals surface area contributed by atoms with E-state index in [2.05, 4.69) is 9.97 Å². The highest BCUT2D eigenvalue weighted by Gasteiger charge is 2.13. The molecule has 2 N–H and O–H groups in total. The van der Waals surface area contributed by atoms with Crippen LogP contribution in [0.1, 0.15) is 5.69 Å². The number of nitrogens with two attached hydrogens (primary N) is 1. The van der Waals surface area contributed by atoms with Gasteiger partial charge in [-0.25, -0.2) is 9.97 Å². The van der Waals surface area contributed by atoms with Crippen LogP contribution < -0.4 is 11.3 Å². The van der Waals surface area contributed by atoms with E-state index in [9.17, 15) is 4.79 Å². The second kappa shape index (κ2) is 5.13. The van der Waals surface area contributed by atoms with Gasteiger partial charge in [-0.1, -0.05) is 17.7 Å². The monoisotopic (exact) mass is 311 g/mol. The van der Waals surface area contributed by atoms with Crippen molar-refractivity contribution >= 4 is 28.2 Å². The Morgan fingerprint density at radius 3 is 2.82 bits per heavy atom. The van der Waals surface area contributed by atoms with Crippen LogP contribution in [0.5, 0.6) is 0 Å². The van der Waals surface area contributed by atoms with Gasteiger partial charge in [0.15, 0.2) is 16.7 Å². The van der Waals surface area contributed by atoms with Crippen LogP contribution in [-0.2, 0) is 7.05 Å². The molecule has 0 amide bonds. The molecule has 3 rings (SSSR count). The number of rotatable bonds is 1. The van der Waals surface area contributed by atoms with E-state index < -0.39 is 0 Å². The summed E-state index contributed by atoms with van der Waals surface area (Å²) < 4.78 is 1.51. The first kappa shape index (κ1) is 14.0. The lowest BCUT2D eigenvalue weighted by Gasteiger charge is -2.07. The fourth-order valence-corrected chi connectivity index (χ4v) is 2.38. The number of fused-ring (bicyclic) bond motifs is 1. The maximum atomic E-state index is 12.0. The van der Waals surface area contributed by atoms with Crippen LogP contribution in [-0.4, -0.2) is 14.5 Å². The zero-order valence-corrected chi connectivity index (χ0v) is 12.3. The van der Waals surface area contributed by atoms with E-state index in [1.807, 2.05) is 12.1 Å². The molecular weight excluding hydrogens is 302 g/mol. The molecule has 0 saturated heterocycles. The van der Waals surface area contributed by atoms with Gasteiger partial charge in [0, 0.05) is 24.2 Å². The summed E-state index contributed by atoms with van der Waals surface area (Å²) in [6.07, 6.45) is 1.69. The molecule has 0 aliphatic carbocycles. The van der Waals surface area contributed by atoms with Crippen molar-refractivity contribution in [1.82, 2.24) is 14.5 Å². The minimum Gasteiger partial charge on any atom is -0.382 e. The molecule has 0 unspecified atom stereocenters. The Morgan fingerprint density at radius 1 is 1.32 bits per heavy atom. The minimum atomic E-state index is -0.0862. The number of nitrogen functional groups attached to an aromatic ring is 1. The minimum absolute atomic E-state index is 0.00920. The van der Waals surface area contributed by atoms with Crippen molar-refractivity contribution < 1.29 is 0 Å². The third kappa shape index (κ3) is 2.18. The van der Waals surface area contributed by atoms with E-state index >= 15 is 0 Å². The fourth-order valence-electron chi connectivity index (χ4n) is 2.20. The van der Waals surface area contributed by atoms with Crippen molar-refractivity contribution in [2.24, 2.45) is 7.05 Å². The summed E-state index contributed by atoms with van der Waals surface area (Å²) in [4.78, 5) is 20.1. The highest BCUT2D eigenvalue weighted by Crippen LogP contribution is 2.27. The molecule has 0 bridgehead atoms. The number of hydrogen-bond donors (Lipinski definition) is 1. The zero-order valence-electron chi connectivity index (χ0n) is 11.5. The smallest absolute Gasteiger partial charge is 0.258 e. The molecule has 22 heavy (non-hydrogen) atoms. The predicted octanol–water partition coefficient (Wildman–Crippen LogP) is 2.10. The van der Waals surface area contributed by atoms with Gasteiger partial charge >= 0.3 is 0 Å². The number of aromatic nitrogens is 3. The van der Waals surface area contributed by atoms with Gasteiger partial charge in [-0.15, -0.1) is 0 Å². The summed E-state index contributed by atoms with van der Waals surface area (Å²) in [5.41, 5.74) is 6.79. The average Bonchev–Trinajstić information content (AvgIpc) is 2.51. The molecule has 108 valence electrons. The van der Waals surface area contributed by atoms with Crippen LogP contribution >= 0.6 is 11.6 Å². The number of pyridine rings is 1. The van der Waals surface area contributed by atoms with Crippen LogP contribution in [0, 0.1) is 11.3 Å². The normalized spacial score (nSPS) is 10.6. The molecule has 0 spiro atoms. The van der Waals surface area contributed by atoms with Crippen molar-refractivity contribution in [1.29, 1.82) is 5.26 Å². The van der Waals surface area contributed by atoms with E-state index in [0.29, 0.717) is 16.6 Å². The second-order valence-corrected chi connectivity index (χ2v) is 5.10. The summed E-state index contributed by atoms with van der Waals surface area (Å²) in [7, 11) is 1.69. The largest absolute Gasteiger partial charge is 0.382 e. The molecule has 0 fully saturated rings. The van der Waals surface area contributed by atoms with E-state index in [1.54, 1.807) is 31.4 Å². The predicted molar refractivity (Wildman–Crippen MR) is 84.4 cm³/mol. The van der Waals surface area contributed by atoms with Crippen molar-refractivity contribution in [2.45, 2.75) is 0 Å². The first-order valence-electron chi connectivity index (χ1n) is 6.34. The lowest BCUT2D eigenvalue weighted by atomic mass is 10.1. The summed E-state index contributed by atoms with van der Waals surface area (Å²) in [5, 5.41) is 10.3. The van der Waals surface area contributed by atoms with Gasteiger partial charge in [-0.2, -0.15) is 5.26 Å². The topological polar surface area (TPSA) is 97.6 Å². The Bertz CT molecular complexity index is 1000. The number of benzene rings is 1. The Balaban J connectivity index is 2.26. The number of halogens is 1. The quantitative estimate of drug-likeness (QED) is 0.742. The van der Waals surface area contributed by atoms with Crippen LogP contribution in [0.4, 0.5) is 5.82 Å². The van der Waals surface area contributed by atoms with Crippen LogP contribution in [0.25, 0.3) is 22.0 Å². The van der Waals surface area contributed by atoms with E-state index in [1.165, 1.54) is 4.57 Å². The zero-order chi connectivity index (χ0) is 15.9. The Morgan fingerprint density at radius 2 is 2.09 bits per heavy atom. The molecule has 0 aliphatic heterocycles. The van der Waals surface area contributed by atoms with Gasteiger partial charge in [-0.05, 0) is 23.6 Å². The summed E-state index contributed by atoms with van der Waals surface area (Å²) in [6.45, 7) is 0. The molecule has 0 aliphatic rings. The van der Waals surface area contributed by atoms with Gasteiger partial charge in [0.1, 0.15) is 11.8 Å². The molecular formula is C15H10ClN5O. The number of anilines is 1. The SMILES string of the molecule is Cn1ccc2cc(-c3nc(C#N)c(Cl)nc3N)ccc2c1=O. The van der Waals surface area contributed by atoms with Crippen LogP contribution in [0.2, 0.25) is 5.15 Å². The van der Waals surface area contributed by atoms with Gasteiger partial charge < -0.3 is 10.3 Å². The van der Waals surface area contributed by atoms with E-state index in [0.717, 1.165) is 5.39 Å².